The van der Waals surface area contributed by atoms with Crippen molar-refractivity contribution in [3.05, 3.63) is 23.0 Å². The molecule has 5 heteroatoms. The molecule has 0 unspecified atom stereocenters. The van der Waals surface area contributed by atoms with Gasteiger partial charge in [-0.15, -0.1) is 0 Å². The van der Waals surface area contributed by atoms with E-state index < -0.39 is 0 Å². The lowest BCUT2D eigenvalue weighted by Crippen LogP contribution is -2.46. The van der Waals surface area contributed by atoms with Gasteiger partial charge in [0.1, 0.15) is 5.69 Å². The van der Waals surface area contributed by atoms with Gasteiger partial charge < -0.3 is 14.4 Å². The van der Waals surface area contributed by atoms with Crippen LogP contribution in [0.15, 0.2) is 12.3 Å². The van der Waals surface area contributed by atoms with Crippen LogP contribution in [0.25, 0.3) is 0 Å². The zero-order valence-corrected chi connectivity index (χ0v) is 15.3. The number of rotatable bonds is 2. The topological polar surface area (TPSA) is 28.5 Å². The molecule has 1 amide bonds. The zero-order chi connectivity index (χ0) is 16.6. The molecule has 3 rings (SSSR count). The van der Waals surface area contributed by atoms with Crippen molar-refractivity contribution >= 4 is 17.5 Å². The fourth-order valence-electron chi connectivity index (χ4n) is 4.31. The Kier molecular flexibility index (Phi) is 4.75. The van der Waals surface area contributed by atoms with E-state index in [1.54, 1.807) is 12.3 Å². The normalized spacial score (nSPS) is 22.0. The van der Waals surface area contributed by atoms with Crippen LogP contribution >= 0.6 is 11.6 Å². The maximum Gasteiger partial charge on any atom is 0.270 e. The molecule has 0 aromatic carbocycles. The molecule has 128 valence electrons. The standard InChI is InChI=1S/C18H28ClN3O/c1-20(2)15-4-6-18(7-5-15)8-10-22(11-9-18)17(23)16-12-14(19)13-21(16)3/h12-13,15H,4-11H2,1-3H3. The second-order valence-electron chi connectivity index (χ2n) is 7.64. The highest BCUT2D eigenvalue weighted by molar-refractivity contribution is 6.31. The molecule has 1 aromatic heterocycles. The van der Waals surface area contributed by atoms with E-state index in [9.17, 15) is 4.79 Å². The second-order valence-corrected chi connectivity index (χ2v) is 8.08. The van der Waals surface area contributed by atoms with Crippen LogP contribution in [0, 0.1) is 5.41 Å². The average Bonchev–Trinajstić information content (AvgIpc) is 2.86. The summed E-state index contributed by atoms with van der Waals surface area (Å²) in [6, 6.07) is 2.52. The summed E-state index contributed by atoms with van der Waals surface area (Å²) >= 11 is 6.01. The number of hydrogen-bond donors (Lipinski definition) is 0. The van der Waals surface area contributed by atoms with E-state index in [0.717, 1.165) is 32.0 Å². The number of hydrogen-bond acceptors (Lipinski definition) is 2. The Morgan fingerprint density at radius 1 is 1.22 bits per heavy atom. The molecule has 1 aliphatic heterocycles. The van der Waals surface area contributed by atoms with Crippen molar-refractivity contribution in [1.82, 2.24) is 14.4 Å². The lowest BCUT2D eigenvalue weighted by molar-refractivity contribution is 0.0350. The Morgan fingerprint density at radius 3 is 2.30 bits per heavy atom. The van der Waals surface area contributed by atoms with Gasteiger partial charge in [-0.2, -0.15) is 0 Å². The lowest BCUT2D eigenvalue weighted by atomic mass is 9.67. The van der Waals surface area contributed by atoms with Gasteiger partial charge in [-0.05, 0) is 64.1 Å². The van der Waals surface area contributed by atoms with Crippen LogP contribution < -0.4 is 0 Å². The number of carbonyl (C=O) groups is 1. The van der Waals surface area contributed by atoms with Gasteiger partial charge in [0.2, 0.25) is 0 Å². The zero-order valence-electron chi connectivity index (χ0n) is 14.5. The molecule has 0 atom stereocenters. The van der Waals surface area contributed by atoms with Gasteiger partial charge in [0.05, 0.1) is 5.02 Å². The van der Waals surface area contributed by atoms with Gasteiger partial charge in [-0.25, -0.2) is 0 Å². The number of halogens is 1. The molecule has 2 aliphatic rings. The molecule has 2 fully saturated rings. The number of nitrogens with zero attached hydrogens (tertiary/aromatic N) is 3. The monoisotopic (exact) mass is 337 g/mol. The molecule has 0 N–H and O–H groups in total. The van der Waals surface area contributed by atoms with Gasteiger partial charge in [0.25, 0.3) is 5.91 Å². The van der Waals surface area contributed by atoms with Gasteiger partial charge in [0.15, 0.2) is 0 Å². The van der Waals surface area contributed by atoms with Gasteiger partial charge in [-0.3, -0.25) is 4.79 Å². The SMILES string of the molecule is CN(C)C1CCC2(CC1)CCN(C(=O)c1cc(Cl)cn1C)CC2. The molecule has 4 nitrogen and oxygen atoms in total. The van der Waals surface area contributed by atoms with E-state index in [4.69, 9.17) is 11.6 Å². The van der Waals surface area contributed by atoms with Crippen LogP contribution in [0.3, 0.4) is 0 Å². The van der Waals surface area contributed by atoms with Crippen LogP contribution in [0.2, 0.25) is 5.02 Å². The minimum Gasteiger partial charge on any atom is -0.345 e. The summed E-state index contributed by atoms with van der Waals surface area (Å²) in [5, 5.41) is 0.631. The largest absolute Gasteiger partial charge is 0.345 e. The second kappa shape index (κ2) is 6.48. The Balaban J connectivity index is 1.59. The summed E-state index contributed by atoms with van der Waals surface area (Å²) < 4.78 is 1.83. The maximum absolute atomic E-state index is 12.7. The molecule has 1 saturated heterocycles. The lowest BCUT2D eigenvalue weighted by Gasteiger charge is -2.47. The fourth-order valence-corrected chi connectivity index (χ4v) is 4.56. The predicted molar refractivity (Wildman–Crippen MR) is 93.9 cm³/mol. The highest BCUT2D eigenvalue weighted by atomic mass is 35.5. The Morgan fingerprint density at radius 2 is 1.83 bits per heavy atom. The van der Waals surface area contributed by atoms with E-state index in [1.165, 1.54) is 25.7 Å². The first kappa shape index (κ1) is 16.8. The van der Waals surface area contributed by atoms with Crippen LogP contribution in [-0.2, 0) is 7.05 Å². The first-order chi connectivity index (χ1) is 10.9. The van der Waals surface area contributed by atoms with Gasteiger partial charge in [-0.1, -0.05) is 11.6 Å². The Bertz CT molecular complexity index is 563. The van der Waals surface area contributed by atoms with Crippen molar-refractivity contribution in [1.29, 1.82) is 0 Å². The highest BCUT2D eigenvalue weighted by Gasteiger charge is 2.39. The molecule has 1 aromatic rings. The first-order valence-electron chi connectivity index (χ1n) is 8.68. The average molecular weight is 338 g/mol. The summed E-state index contributed by atoms with van der Waals surface area (Å²) in [5.74, 6) is 0.122. The van der Waals surface area contributed by atoms with Crippen molar-refractivity contribution in [3.63, 3.8) is 0 Å². The molecular weight excluding hydrogens is 310 g/mol. The van der Waals surface area contributed by atoms with E-state index >= 15 is 0 Å². The van der Waals surface area contributed by atoms with Crippen molar-refractivity contribution < 1.29 is 4.79 Å². The van der Waals surface area contributed by atoms with Crippen molar-refractivity contribution in [3.8, 4) is 0 Å². The summed E-state index contributed by atoms with van der Waals surface area (Å²) in [5.41, 5.74) is 1.18. The number of aromatic nitrogens is 1. The number of piperidine rings is 1. The third-order valence-corrected chi connectivity index (χ3v) is 6.25. The smallest absolute Gasteiger partial charge is 0.270 e. The Labute approximate surface area is 144 Å². The highest BCUT2D eigenvalue weighted by Crippen LogP contribution is 2.45. The summed E-state index contributed by atoms with van der Waals surface area (Å²) in [4.78, 5) is 17.1. The number of aryl methyl sites for hydroxylation is 1. The van der Waals surface area contributed by atoms with Crippen LogP contribution in [-0.4, -0.2) is 53.5 Å². The molecule has 23 heavy (non-hydrogen) atoms. The predicted octanol–water partition coefficient (Wildman–Crippen LogP) is 3.41. The number of carbonyl (C=O) groups excluding carboxylic acids is 1. The van der Waals surface area contributed by atoms with Gasteiger partial charge >= 0.3 is 0 Å². The van der Waals surface area contributed by atoms with E-state index in [-0.39, 0.29) is 5.91 Å². The molecule has 0 radical (unpaired) electrons. The summed E-state index contributed by atoms with van der Waals surface area (Å²) in [6.07, 6.45) is 9.32. The first-order valence-corrected chi connectivity index (χ1v) is 9.06. The minimum atomic E-state index is 0.122. The summed E-state index contributed by atoms with van der Waals surface area (Å²) in [6.45, 7) is 1.77. The van der Waals surface area contributed by atoms with Gasteiger partial charge in [0, 0.05) is 32.4 Å². The van der Waals surface area contributed by atoms with Crippen molar-refractivity contribution in [2.45, 2.75) is 44.6 Å². The number of amides is 1. The molecule has 0 bridgehead atoms. The molecule has 2 heterocycles. The van der Waals surface area contributed by atoms with E-state index in [0.29, 0.717) is 16.1 Å². The van der Waals surface area contributed by atoms with E-state index in [2.05, 4.69) is 19.0 Å². The number of likely N-dealkylation sites (tertiary alicyclic amines) is 1. The van der Waals surface area contributed by atoms with Crippen LogP contribution in [0.1, 0.15) is 49.0 Å². The Hall–Kier alpha value is -1.00. The third kappa shape index (κ3) is 3.43. The molecular formula is C18H28ClN3O. The quantitative estimate of drug-likeness (QED) is 0.827. The third-order valence-electron chi connectivity index (χ3n) is 6.05. The maximum atomic E-state index is 12.7. The summed E-state index contributed by atoms with van der Waals surface area (Å²) in [7, 11) is 6.26. The molecule has 1 spiro atoms. The molecule has 1 saturated carbocycles. The fraction of sp³-hybridized carbons (Fsp3) is 0.722. The minimum absolute atomic E-state index is 0.122. The van der Waals surface area contributed by atoms with Crippen molar-refractivity contribution in [2.75, 3.05) is 27.2 Å². The van der Waals surface area contributed by atoms with Crippen LogP contribution in [0.5, 0.6) is 0 Å². The molecule has 1 aliphatic carbocycles. The van der Waals surface area contributed by atoms with E-state index in [1.807, 2.05) is 16.5 Å². The van der Waals surface area contributed by atoms with Crippen LogP contribution in [0.4, 0.5) is 0 Å². The van der Waals surface area contributed by atoms with Crippen molar-refractivity contribution in [2.24, 2.45) is 12.5 Å².